The molecule has 0 saturated heterocycles. The van der Waals surface area contributed by atoms with Gasteiger partial charge in [0.2, 0.25) is 6.41 Å². The van der Waals surface area contributed by atoms with Gasteiger partial charge in [-0.1, -0.05) is 29.8 Å². The minimum absolute atomic E-state index is 0.273. The molecule has 156 valence electrons. The summed E-state index contributed by atoms with van der Waals surface area (Å²) in [5.74, 6) is 0. The van der Waals surface area contributed by atoms with Crippen LogP contribution in [0.1, 0.15) is 41.1 Å². The monoisotopic (exact) mass is 425 g/mol. The van der Waals surface area contributed by atoms with Crippen LogP contribution in [0.2, 0.25) is 5.02 Å². The molecule has 0 aliphatic heterocycles. The first kappa shape index (κ1) is 21.9. The Labute approximate surface area is 181 Å². The second kappa shape index (κ2) is 9.34. The second-order valence-electron chi connectivity index (χ2n) is 7.21. The van der Waals surface area contributed by atoms with Gasteiger partial charge in [0.1, 0.15) is 5.60 Å². The van der Waals surface area contributed by atoms with Crippen LogP contribution in [-0.4, -0.2) is 33.5 Å². The Morgan fingerprint density at radius 1 is 1.20 bits per heavy atom. The molecular formula is C23H24ClN3O3. The molecule has 1 aromatic carbocycles. The number of nitrogens with zero attached hydrogens (tertiary/aromatic N) is 3. The van der Waals surface area contributed by atoms with Crippen molar-refractivity contribution in [2.45, 2.75) is 32.2 Å². The van der Waals surface area contributed by atoms with Crippen molar-refractivity contribution in [1.82, 2.24) is 14.9 Å². The lowest BCUT2D eigenvalue weighted by atomic mass is 9.87. The molecule has 1 N–H and O–H groups in total. The summed E-state index contributed by atoms with van der Waals surface area (Å²) in [7, 11) is 1.55. The SMILES string of the molecule is COC(c1ccc(C(C)(O)c2ccncc2)cc1C)N(C=O)Cc1ccc(Cl)cn1. The number of aromatic nitrogens is 2. The molecule has 0 spiro atoms. The highest BCUT2D eigenvalue weighted by molar-refractivity contribution is 6.30. The van der Waals surface area contributed by atoms with Gasteiger partial charge in [0.15, 0.2) is 6.23 Å². The van der Waals surface area contributed by atoms with E-state index in [1.54, 1.807) is 56.9 Å². The molecule has 0 saturated carbocycles. The predicted octanol–water partition coefficient (Wildman–Crippen LogP) is 4.00. The van der Waals surface area contributed by atoms with Crippen molar-refractivity contribution in [1.29, 1.82) is 0 Å². The van der Waals surface area contributed by atoms with Crippen LogP contribution in [0.4, 0.5) is 0 Å². The quantitative estimate of drug-likeness (QED) is 0.436. The minimum atomic E-state index is -1.17. The largest absolute Gasteiger partial charge is 0.381 e. The van der Waals surface area contributed by atoms with E-state index in [2.05, 4.69) is 9.97 Å². The first-order valence-corrected chi connectivity index (χ1v) is 9.82. The van der Waals surface area contributed by atoms with Crippen molar-refractivity contribution in [3.8, 4) is 0 Å². The fourth-order valence-electron chi connectivity index (χ4n) is 3.40. The van der Waals surface area contributed by atoms with Gasteiger partial charge in [-0.05, 0) is 54.8 Å². The van der Waals surface area contributed by atoms with Gasteiger partial charge in [0.25, 0.3) is 0 Å². The molecule has 2 aromatic heterocycles. The summed E-state index contributed by atoms with van der Waals surface area (Å²) in [4.78, 5) is 21.6. The standard InChI is InChI=1S/C23H24ClN3O3/c1-16-12-18(23(2,29)17-8-10-25-11-9-17)4-7-21(16)22(30-3)27(15-28)14-20-6-5-19(24)13-26-20/h4-13,15,22,29H,14H2,1-3H3. The average molecular weight is 426 g/mol. The maximum Gasteiger partial charge on any atom is 0.212 e. The first-order valence-electron chi connectivity index (χ1n) is 9.45. The van der Waals surface area contributed by atoms with Gasteiger partial charge in [-0.15, -0.1) is 0 Å². The average Bonchev–Trinajstić information content (AvgIpc) is 2.76. The van der Waals surface area contributed by atoms with Crippen molar-refractivity contribution in [2.24, 2.45) is 0 Å². The summed E-state index contributed by atoms with van der Waals surface area (Å²) in [6, 6.07) is 12.7. The van der Waals surface area contributed by atoms with Gasteiger partial charge in [0, 0.05) is 31.3 Å². The van der Waals surface area contributed by atoms with Gasteiger partial charge in [-0.3, -0.25) is 14.8 Å². The van der Waals surface area contributed by atoms with E-state index in [0.29, 0.717) is 10.7 Å². The van der Waals surface area contributed by atoms with Gasteiger partial charge in [0.05, 0.1) is 17.3 Å². The molecule has 0 bridgehead atoms. The van der Waals surface area contributed by atoms with Crippen LogP contribution in [0.25, 0.3) is 0 Å². The molecule has 0 radical (unpaired) electrons. The third-order valence-corrected chi connectivity index (χ3v) is 5.36. The topological polar surface area (TPSA) is 75.6 Å². The maximum atomic E-state index is 11.8. The van der Waals surface area contributed by atoms with E-state index in [1.807, 2.05) is 25.1 Å². The highest BCUT2D eigenvalue weighted by Crippen LogP contribution is 2.32. The maximum absolute atomic E-state index is 11.8. The molecule has 2 atom stereocenters. The number of hydrogen-bond acceptors (Lipinski definition) is 5. The molecule has 3 aromatic rings. The third-order valence-electron chi connectivity index (χ3n) is 5.13. The summed E-state index contributed by atoms with van der Waals surface area (Å²) < 4.78 is 5.65. The minimum Gasteiger partial charge on any atom is -0.381 e. The molecule has 2 heterocycles. The highest BCUT2D eigenvalue weighted by Gasteiger charge is 2.28. The lowest BCUT2D eigenvalue weighted by Crippen LogP contribution is -2.29. The molecule has 0 fully saturated rings. The first-order chi connectivity index (χ1) is 14.4. The van der Waals surface area contributed by atoms with Gasteiger partial charge < -0.3 is 14.7 Å². The Morgan fingerprint density at radius 2 is 1.93 bits per heavy atom. The molecule has 0 aliphatic rings. The fraction of sp³-hybridized carbons (Fsp3) is 0.261. The van der Waals surface area contributed by atoms with Crippen molar-refractivity contribution in [2.75, 3.05) is 7.11 Å². The van der Waals surface area contributed by atoms with Crippen molar-refractivity contribution in [3.05, 3.63) is 94.0 Å². The molecule has 0 aliphatic carbocycles. The molecule has 7 heteroatoms. The number of ether oxygens (including phenoxy) is 1. The lowest BCUT2D eigenvalue weighted by molar-refractivity contribution is -0.132. The predicted molar refractivity (Wildman–Crippen MR) is 115 cm³/mol. The number of amides is 1. The number of halogens is 1. The van der Waals surface area contributed by atoms with Crippen LogP contribution in [-0.2, 0) is 21.7 Å². The van der Waals surface area contributed by atoms with E-state index in [0.717, 1.165) is 28.7 Å². The molecule has 6 nitrogen and oxygen atoms in total. The summed E-state index contributed by atoms with van der Waals surface area (Å²) in [5.41, 5.74) is 2.73. The molecule has 2 unspecified atom stereocenters. The Hall–Kier alpha value is -2.80. The van der Waals surface area contributed by atoms with E-state index in [1.165, 1.54) is 4.90 Å². The Balaban J connectivity index is 1.89. The number of carbonyl (C=O) groups excluding carboxylic acids is 1. The lowest BCUT2D eigenvalue weighted by Gasteiger charge is -2.30. The number of carbonyl (C=O) groups is 1. The number of pyridine rings is 2. The summed E-state index contributed by atoms with van der Waals surface area (Å²) in [5, 5.41) is 11.6. The van der Waals surface area contributed by atoms with E-state index < -0.39 is 11.8 Å². The van der Waals surface area contributed by atoms with E-state index in [4.69, 9.17) is 16.3 Å². The van der Waals surface area contributed by atoms with E-state index in [9.17, 15) is 9.90 Å². The smallest absolute Gasteiger partial charge is 0.212 e. The van der Waals surface area contributed by atoms with Crippen LogP contribution in [0.3, 0.4) is 0 Å². The van der Waals surface area contributed by atoms with Crippen molar-refractivity contribution in [3.63, 3.8) is 0 Å². The van der Waals surface area contributed by atoms with Crippen LogP contribution >= 0.6 is 11.6 Å². The number of methoxy groups -OCH3 is 1. The second-order valence-corrected chi connectivity index (χ2v) is 7.65. The normalized spacial score (nSPS) is 14.0. The Kier molecular flexibility index (Phi) is 6.82. The molecule has 1 amide bonds. The summed E-state index contributed by atoms with van der Waals surface area (Å²) >= 11 is 5.89. The highest BCUT2D eigenvalue weighted by atomic mass is 35.5. The fourth-order valence-corrected chi connectivity index (χ4v) is 3.51. The number of rotatable bonds is 8. The van der Waals surface area contributed by atoms with Gasteiger partial charge in [-0.25, -0.2) is 0 Å². The van der Waals surface area contributed by atoms with Crippen LogP contribution < -0.4 is 0 Å². The molecule has 3 rings (SSSR count). The molecular weight excluding hydrogens is 402 g/mol. The van der Waals surface area contributed by atoms with Crippen LogP contribution in [0, 0.1) is 6.92 Å². The van der Waals surface area contributed by atoms with Crippen molar-refractivity contribution < 1.29 is 14.6 Å². The van der Waals surface area contributed by atoms with Gasteiger partial charge in [-0.2, -0.15) is 0 Å². The zero-order valence-corrected chi connectivity index (χ0v) is 17.9. The Bertz CT molecular complexity index is 994. The number of hydrogen-bond donors (Lipinski definition) is 1. The Morgan fingerprint density at radius 3 is 2.50 bits per heavy atom. The van der Waals surface area contributed by atoms with E-state index >= 15 is 0 Å². The third kappa shape index (κ3) is 4.67. The zero-order chi connectivity index (χ0) is 21.7. The number of aliphatic hydroxyl groups is 1. The van der Waals surface area contributed by atoms with Crippen molar-refractivity contribution >= 4 is 18.0 Å². The van der Waals surface area contributed by atoms with Gasteiger partial charge >= 0.3 is 0 Å². The van der Waals surface area contributed by atoms with Crippen LogP contribution in [0.5, 0.6) is 0 Å². The molecule has 30 heavy (non-hydrogen) atoms. The van der Waals surface area contributed by atoms with Crippen LogP contribution in [0.15, 0.2) is 61.1 Å². The zero-order valence-electron chi connectivity index (χ0n) is 17.1. The van der Waals surface area contributed by atoms with E-state index in [-0.39, 0.29) is 6.54 Å². The number of aryl methyl sites for hydroxylation is 1. The number of benzene rings is 1. The summed E-state index contributed by atoms with van der Waals surface area (Å²) in [6.07, 6.45) is 4.99. The summed E-state index contributed by atoms with van der Waals surface area (Å²) in [6.45, 7) is 3.95.